The van der Waals surface area contributed by atoms with E-state index in [0.29, 0.717) is 35.9 Å². The molecular formula is C22H31N5O2. The molecule has 4 N–H and O–H groups in total. The molecule has 0 bridgehead atoms. The maximum atomic E-state index is 12.0. The number of nitrogens with one attached hydrogen (secondary N) is 2. The predicted octanol–water partition coefficient (Wildman–Crippen LogP) is 2.48. The molecule has 1 unspecified atom stereocenters. The summed E-state index contributed by atoms with van der Waals surface area (Å²) in [5.74, 6) is 1.25. The minimum atomic E-state index is -0.0674. The summed E-state index contributed by atoms with van der Waals surface area (Å²) in [4.78, 5) is 18.4. The number of ether oxygens (including phenoxy) is 1. The number of amides is 1. The number of hydrogen-bond donors (Lipinski definition) is 3. The van der Waals surface area contributed by atoms with Gasteiger partial charge in [0, 0.05) is 36.9 Å². The van der Waals surface area contributed by atoms with Crippen LogP contribution in [0.25, 0.3) is 0 Å². The van der Waals surface area contributed by atoms with Crippen LogP contribution in [0.5, 0.6) is 5.75 Å². The highest BCUT2D eigenvalue weighted by Crippen LogP contribution is 2.18. The second-order valence-electron chi connectivity index (χ2n) is 6.96. The molecule has 2 rings (SSSR count). The molecule has 1 aromatic rings. The van der Waals surface area contributed by atoms with Crippen molar-refractivity contribution in [1.29, 1.82) is 5.41 Å². The lowest BCUT2D eigenvalue weighted by Gasteiger charge is -2.33. The van der Waals surface area contributed by atoms with Gasteiger partial charge >= 0.3 is 0 Å². The standard InChI is InChI=1S/C22H31N5O2/c1-5-19(28)27-13-7-8-17(14-27)26-22(25-6-2)20(15(3)23)21(24)16-9-11-18(29-4)12-10-16/h5,9-12,17,24H,1,6-8,13-14,23H2,2-4H3,(H,25,26)/b20-15+,24-21?. The number of methoxy groups -OCH3 is 1. The maximum Gasteiger partial charge on any atom is 0.246 e. The lowest BCUT2D eigenvalue weighted by Crippen LogP contribution is -2.50. The summed E-state index contributed by atoms with van der Waals surface area (Å²) in [5, 5.41) is 12.2. The first kappa shape index (κ1) is 22.2. The van der Waals surface area contributed by atoms with Crippen molar-refractivity contribution in [3.05, 3.63) is 53.8 Å². The van der Waals surface area contributed by atoms with E-state index in [-0.39, 0.29) is 11.9 Å². The quantitative estimate of drug-likeness (QED) is 0.373. The zero-order chi connectivity index (χ0) is 21.4. The molecule has 0 aromatic heterocycles. The first-order valence-electron chi connectivity index (χ1n) is 9.83. The average molecular weight is 398 g/mol. The molecule has 1 aliphatic rings. The maximum absolute atomic E-state index is 12.0. The highest BCUT2D eigenvalue weighted by Gasteiger charge is 2.25. The Morgan fingerprint density at radius 2 is 2.14 bits per heavy atom. The molecule has 1 amide bonds. The van der Waals surface area contributed by atoms with E-state index in [0.717, 1.165) is 30.7 Å². The third kappa shape index (κ3) is 5.70. The fourth-order valence-electron chi connectivity index (χ4n) is 3.38. The van der Waals surface area contributed by atoms with Crippen molar-refractivity contribution in [3.8, 4) is 5.75 Å². The molecule has 1 fully saturated rings. The molecule has 1 heterocycles. The summed E-state index contributed by atoms with van der Waals surface area (Å²) in [6.45, 7) is 9.14. The van der Waals surface area contributed by atoms with Crippen molar-refractivity contribution in [1.82, 2.24) is 10.2 Å². The number of rotatable bonds is 7. The number of allylic oxidation sites excluding steroid dienone is 1. The van der Waals surface area contributed by atoms with E-state index in [9.17, 15) is 4.79 Å². The largest absolute Gasteiger partial charge is 0.497 e. The summed E-state index contributed by atoms with van der Waals surface area (Å²) in [6, 6.07) is 7.34. The topological polar surface area (TPSA) is 104 Å². The lowest BCUT2D eigenvalue weighted by atomic mass is 9.98. The number of aliphatic imine (C=N–C) groups is 1. The fraction of sp³-hybridized carbons (Fsp3) is 0.409. The Kier molecular flexibility index (Phi) is 8.00. The molecule has 1 atom stereocenters. The van der Waals surface area contributed by atoms with E-state index < -0.39 is 0 Å². The van der Waals surface area contributed by atoms with Crippen LogP contribution in [0.4, 0.5) is 0 Å². The SMILES string of the molecule is C=CC(=O)N1CCCC(NC(=NCC)/C(C(=N)c2ccc(OC)cc2)=C(\C)N)C1. The minimum Gasteiger partial charge on any atom is -0.497 e. The number of nitrogens with zero attached hydrogens (tertiary/aromatic N) is 2. The molecule has 0 saturated carbocycles. The Morgan fingerprint density at radius 1 is 1.45 bits per heavy atom. The Bertz CT molecular complexity index is 807. The zero-order valence-electron chi connectivity index (χ0n) is 17.5. The Morgan fingerprint density at radius 3 is 2.69 bits per heavy atom. The van der Waals surface area contributed by atoms with E-state index >= 15 is 0 Å². The van der Waals surface area contributed by atoms with E-state index in [1.807, 2.05) is 31.2 Å². The van der Waals surface area contributed by atoms with Gasteiger partial charge < -0.3 is 20.7 Å². The Balaban J connectivity index is 2.26. The highest BCUT2D eigenvalue weighted by molar-refractivity contribution is 6.28. The molecule has 1 aliphatic heterocycles. The van der Waals surface area contributed by atoms with Crippen molar-refractivity contribution >= 4 is 17.5 Å². The van der Waals surface area contributed by atoms with Gasteiger partial charge in [0.1, 0.15) is 11.6 Å². The van der Waals surface area contributed by atoms with Gasteiger partial charge in [-0.05, 0) is 57.0 Å². The predicted molar refractivity (Wildman–Crippen MR) is 118 cm³/mol. The molecule has 1 aromatic carbocycles. The van der Waals surface area contributed by atoms with E-state index in [1.54, 1.807) is 18.9 Å². The number of likely N-dealkylation sites (tertiary alicyclic amines) is 1. The number of hydrogen-bond acceptors (Lipinski definition) is 5. The van der Waals surface area contributed by atoms with Gasteiger partial charge in [-0.2, -0.15) is 0 Å². The first-order chi connectivity index (χ1) is 13.9. The monoisotopic (exact) mass is 397 g/mol. The number of nitrogens with two attached hydrogens (primary N) is 1. The van der Waals surface area contributed by atoms with Gasteiger partial charge in [-0.25, -0.2) is 0 Å². The van der Waals surface area contributed by atoms with Crippen LogP contribution in [0.1, 0.15) is 32.3 Å². The lowest BCUT2D eigenvalue weighted by molar-refractivity contribution is -0.127. The van der Waals surface area contributed by atoms with Gasteiger partial charge in [-0.1, -0.05) is 6.58 Å². The summed E-state index contributed by atoms with van der Waals surface area (Å²) < 4.78 is 5.20. The third-order valence-electron chi connectivity index (χ3n) is 4.82. The summed E-state index contributed by atoms with van der Waals surface area (Å²) in [5.41, 5.74) is 8.29. The summed E-state index contributed by atoms with van der Waals surface area (Å²) >= 11 is 0. The van der Waals surface area contributed by atoms with E-state index in [4.69, 9.17) is 15.9 Å². The second-order valence-corrected chi connectivity index (χ2v) is 6.96. The molecule has 0 aliphatic carbocycles. The van der Waals surface area contributed by atoms with Crippen molar-refractivity contribution < 1.29 is 9.53 Å². The number of carbonyl (C=O) groups is 1. The number of amidine groups is 1. The van der Waals surface area contributed by atoms with Crippen LogP contribution in [0, 0.1) is 5.41 Å². The molecule has 0 radical (unpaired) electrons. The van der Waals surface area contributed by atoms with Gasteiger partial charge in [0.2, 0.25) is 5.91 Å². The average Bonchev–Trinajstić information content (AvgIpc) is 2.73. The summed E-state index contributed by atoms with van der Waals surface area (Å²) in [6.07, 6.45) is 3.15. The smallest absolute Gasteiger partial charge is 0.246 e. The molecule has 1 saturated heterocycles. The van der Waals surface area contributed by atoms with Gasteiger partial charge in [0.05, 0.1) is 18.4 Å². The number of piperidine rings is 1. The van der Waals surface area contributed by atoms with Crippen LogP contribution in [0.15, 0.2) is 53.2 Å². The Labute approximate surface area is 172 Å². The van der Waals surface area contributed by atoms with Crippen LogP contribution in [-0.2, 0) is 4.79 Å². The van der Waals surface area contributed by atoms with Gasteiger partial charge in [0.15, 0.2) is 0 Å². The van der Waals surface area contributed by atoms with E-state index in [2.05, 4.69) is 16.9 Å². The first-order valence-corrected chi connectivity index (χ1v) is 9.83. The van der Waals surface area contributed by atoms with Crippen molar-refractivity contribution in [3.63, 3.8) is 0 Å². The zero-order valence-corrected chi connectivity index (χ0v) is 17.5. The van der Waals surface area contributed by atoms with Crippen LogP contribution >= 0.6 is 0 Å². The van der Waals surface area contributed by atoms with Crippen molar-refractivity contribution in [2.75, 3.05) is 26.7 Å². The van der Waals surface area contributed by atoms with Gasteiger partial charge in [0.25, 0.3) is 0 Å². The molecular weight excluding hydrogens is 366 g/mol. The van der Waals surface area contributed by atoms with Crippen molar-refractivity contribution in [2.45, 2.75) is 32.7 Å². The van der Waals surface area contributed by atoms with Gasteiger partial charge in [-0.15, -0.1) is 0 Å². The highest BCUT2D eigenvalue weighted by atomic mass is 16.5. The van der Waals surface area contributed by atoms with Gasteiger partial charge in [-0.3, -0.25) is 15.2 Å². The summed E-state index contributed by atoms with van der Waals surface area (Å²) in [7, 11) is 1.61. The number of carbonyl (C=O) groups excluding carboxylic acids is 1. The van der Waals surface area contributed by atoms with E-state index in [1.165, 1.54) is 6.08 Å². The second kappa shape index (κ2) is 10.5. The molecule has 29 heavy (non-hydrogen) atoms. The Hall–Kier alpha value is -3.09. The fourth-order valence-corrected chi connectivity index (χ4v) is 3.38. The van der Waals surface area contributed by atoms with Crippen LogP contribution in [0.2, 0.25) is 0 Å². The third-order valence-corrected chi connectivity index (χ3v) is 4.82. The minimum absolute atomic E-state index is 0.0379. The molecule has 7 nitrogen and oxygen atoms in total. The van der Waals surface area contributed by atoms with Crippen molar-refractivity contribution in [2.24, 2.45) is 10.7 Å². The van der Waals surface area contributed by atoms with Crippen LogP contribution in [-0.4, -0.2) is 55.1 Å². The molecule has 0 spiro atoms. The number of benzene rings is 1. The normalized spacial score (nSPS) is 18.0. The van der Waals surface area contributed by atoms with Crippen LogP contribution in [0.3, 0.4) is 0 Å². The molecule has 156 valence electrons. The molecule has 7 heteroatoms. The van der Waals surface area contributed by atoms with Crippen LogP contribution < -0.4 is 15.8 Å².